The molecule has 4 saturated heterocycles. The molecule has 0 aromatic carbocycles. The molecule has 3 aliphatic carbocycles. The van der Waals surface area contributed by atoms with E-state index in [2.05, 4.69) is 13.5 Å². The first-order valence-electron chi connectivity index (χ1n) is 15.5. The highest BCUT2D eigenvalue weighted by Crippen LogP contribution is 2.80. The molecular formula is C32H42O12. The van der Waals surface area contributed by atoms with Crippen LogP contribution in [0.15, 0.2) is 24.5 Å². The van der Waals surface area contributed by atoms with Gasteiger partial charge in [0, 0.05) is 46.7 Å². The highest BCUT2D eigenvalue weighted by molar-refractivity contribution is 5.87. The number of carbonyl (C=O) groups is 2. The summed E-state index contributed by atoms with van der Waals surface area (Å²) in [7, 11) is 2.70. The van der Waals surface area contributed by atoms with Crippen molar-refractivity contribution in [2.75, 3.05) is 27.4 Å². The van der Waals surface area contributed by atoms with Crippen LogP contribution in [0.25, 0.3) is 0 Å². The number of hydrogen-bond donors (Lipinski definition) is 2. The number of methoxy groups -OCH3 is 2. The Morgan fingerprint density at radius 3 is 2.55 bits per heavy atom. The van der Waals surface area contributed by atoms with Gasteiger partial charge in [0.05, 0.1) is 44.9 Å². The molecule has 0 aromatic rings. The third-order valence-electron chi connectivity index (χ3n) is 13.5. The summed E-state index contributed by atoms with van der Waals surface area (Å²) in [6, 6.07) is 0. The van der Waals surface area contributed by atoms with E-state index in [-0.39, 0.29) is 19.1 Å². The SMILES string of the molecule is C=C(C)C(=O)O[C@H]1CCC23COC(OC)(C(=O)OC)C2C2(C)C(OC4(C)C5CC(OC6OC=C[C@@]65O)C42O)C2OCC1(C)C23. The summed E-state index contributed by atoms with van der Waals surface area (Å²) >= 11 is 0. The largest absolute Gasteiger partial charge is 0.469 e. The van der Waals surface area contributed by atoms with Gasteiger partial charge in [-0.2, -0.15) is 0 Å². The van der Waals surface area contributed by atoms with Crippen LogP contribution in [0.1, 0.15) is 47.0 Å². The van der Waals surface area contributed by atoms with Crippen molar-refractivity contribution in [2.45, 2.75) is 100 Å². The van der Waals surface area contributed by atoms with Crippen LogP contribution in [-0.4, -0.2) is 103 Å². The summed E-state index contributed by atoms with van der Waals surface area (Å²) in [4.78, 5) is 26.7. The van der Waals surface area contributed by atoms with Crippen LogP contribution in [0.2, 0.25) is 0 Å². The lowest BCUT2D eigenvalue weighted by atomic mass is 9.38. The lowest BCUT2D eigenvalue weighted by Gasteiger charge is -2.64. The zero-order valence-electron chi connectivity index (χ0n) is 26.0. The molecule has 0 aromatic heterocycles. The Bertz CT molecular complexity index is 1380. The van der Waals surface area contributed by atoms with Gasteiger partial charge in [-0.05, 0) is 39.2 Å². The Balaban J connectivity index is 1.34. The van der Waals surface area contributed by atoms with Gasteiger partial charge < -0.3 is 48.1 Å². The van der Waals surface area contributed by atoms with Crippen molar-refractivity contribution < 1.29 is 57.7 Å². The maximum absolute atomic E-state index is 13.9. The van der Waals surface area contributed by atoms with Crippen LogP contribution in [0.5, 0.6) is 0 Å². The quantitative estimate of drug-likeness (QED) is 0.346. The van der Waals surface area contributed by atoms with Crippen LogP contribution in [0, 0.1) is 34.0 Å². The number of fused-ring (bicyclic) bond motifs is 11. The Morgan fingerprint density at radius 1 is 1.11 bits per heavy atom. The fourth-order valence-electron chi connectivity index (χ4n) is 11.9. The number of ether oxygens (including phenoxy) is 8. The standard InChI is InChI=1S/C32H42O12/c1-15(2)22(33)42-17-8-9-29-14-41-31(38-7,24(34)37-6)23(29)27(4)21(19-20(29)26(17,3)13-40-19)44-28(5)16-12-18(32(27,28)36)43-25-30(16,35)10-11-39-25/h10-11,16-21,23,25,35-36H,1,8-9,12-14H2,2-7H3/t16?,17-,18?,19?,20?,21?,23?,25?,26?,27?,28?,29?,30-,31?,32?/m0/s1. The Kier molecular flexibility index (Phi) is 5.63. The molecule has 44 heavy (non-hydrogen) atoms. The number of esters is 2. The van der Waals surface area contributed by atoms with E-state index >= 15 is 0 Å². The predicted octanol–water partition coefficient (Wildman–Crippen LogP) is 1.37. The molecule has 2 bridgehead atoms. The molecule has 15 atom stereocenters. The summed E-state index contributed by atoms with van der Waals surface area (Å²) in [6.45, 7) is 11.6. The molecule has 12 heteroatoms. The van der Waals surface area contributed by atoms with Crippen LogP contribution in [-0.2, 0) is 47.5 Å². The summed E-state index contributed by atoms with van der Waals surface area (Å²) in [5.41, 5.74) is -7.05. The summed E-state index contributed by atoms with van der Waals surface area (Å²) in [5.74, 6) is -4.78. The number of carbonyl (C=O) groups excluding carboxylic acids is 2. The third-order valence-corrected chi connectivity index (χ3v) is 13.5. The van der Waals surface area contributed by atoms with Gasteiger partial charge in [0.25, 0.3) is 5.79 Å². The first-order valence-corrected chi connectivity index (χ1v) is 15.5. The van der Waals surface area contributed by atoms with Gasteiger partial charge in [-0.15, -0.1) is 0 Å². The van der Waals surface area contributed by atoms with E-state index in [1.165, 1.54) is 20.5 Å². The van der Waals surface area contributed by atoms with Gasteiger partial charge in [0.15, 0.2) is 5.60 Å². The number of rotatable bonds is 4. The van der Waals surface area contributed by atoms with E-state index in [0.29, 0.717) is 24.8 Å². The molecule has 12 nitrogen and oxygen atoms in total. The van der Waals surface area contributed by atoms with Crippen molar-refractivity contribution in [3.63, 3.8) is 0 Å². The molecule has 242 valence electrons. The normalized spacial score (nSPS) is 58.7. The Labute approximate surface area is 255 Å². The molecule has 13 unspecified atom stereocenters. The summed E-state index contributed by atoms with van der Waals surface area (Å²) < 4.78 is 49.9. The van der Waals surface area contributed by atoms with Gasteiger partial charge in [0.2, 0.25) is 6.29 Å². The first kappa shape index (κ1) is 29.3. The smallest absolute Gasteiger partial charge is 0.366 e. The molecule has 3 saturated carbocycles. The van der Waals surface area contributed by atoms with Crippen LogP contribution < -0.4 is 0 Å². The molecule has 5 heterocycles. The van der Waals surface area contributed by atoms with Crippen LogP contribution in [0.3, 0.4) is 0 Å². The van der Waals surface area contributed by atoms with Gasteiger partial charge in [-0.1, -0.05) is 20.4 Å². The number of aliphatic hydroxyl groups is 2. The van der Waals surface area contributed by atoms with E-state index in [1.807, 2.05) is 13.8 Å². The minimum atomic E-state index is -1.89. The maximum Gasteiger partial charge on any atom is 0.366 e. The van der Waals surface area contributed by atoms with E-state index < -0.39 is 93.3 Å². The van der Waals surface area contributed by atoms with Gasteiger partial charge >= 0.3 is 11.9 Å². The van der Waals surface area contributed by atoms with E-state index in [0.717, 1.165) is 0 Å². The van der Waals surface area contributed by atoms with Crippen molar-refractivity contribution in [1.29, 1.82) is 0 Å². The second kappa shape index (κ2) is 8.44. The Hall–Kier alpha value is -2.06. The van der Waals surface area contributed by atoms with E-state index in [1.54, 1.807) is 13.0 Å². The third kappa shape index (κ3) is 2.77. The molecule has 5 aliphatic heterocycles. The van der Waals surface area contributed by atoms with Crippen molar-refractivity contribution in [1.82, 2.24) is 0 Å². The van der Waals surface area contributed by atoms with Crippen molar-refractivity contribution in [2.24, 2.45) is 34.0 Å². The second-order valence-electron chi connectivity index (χ2n) is 15.1. The topological polar surface area (TPSA) is 148 Å². The fourth-order valence-corrected chi connectivity index (χ4v) is 11.9. The predicted molar refractivity (Wildman–Crippen MR) is 147 cm³/mol. The lowest BCUT2D eigenvalue weighted by molar-refractivity contribution is -0.309. The summed E-state index contributed by atoms with van der Waals surface area (Å²) in [5, 5.41) is 25.3. The molecule has 1 spiro atoms. The van der Waals surface area contributed by atoms with E-state index in [9.17, 15) is 19.8 Å². The van der Waals surface area contributed by atoms with Crippen LogP contribution >= 0.6 is 0 Å². The van der Waals surface area contributed by atoms with Crippen molar-refractivity contribution in [3.8, 4) is 0 Å². The fraction of sp³-hybridized carbons (Fsp3) is 0.812. The minimum absolute atomic E-state index is 0.129. The second-order valence-corrected chi connectivity index (χ2v) is 15.1. The van der Waals surface area contributed by atoms with Crippen molar-refractivity contribution >= 4 is 11.9 Å². The van der Waals surface area contributed by atoms with Gasteiger partial charge in [-0.25, -0.2) is 9.59 Å². The molecule has 2 N–H and O–H groups in total. The zero-order valence-corrected chi connectivity index (χ0v) is 26.0. The highest BCUT2D eigenvalue weighted by atomic mass is 16.7. The maximum atomic E-state index is 13.9. The monoisotopic (exact) mass is 618 g/mol. The minimum Gasteiger partial charge on any atom is -0.469 e. The molecular weight excluding hydrogens is 576 g/mol. The average Bonchev–Trinajstić information content (AvgIpc) is 3.74. The molecule has 8 aliphatic rings. The molecule has 0 amide bonds. The first-order chi connectivity index (χ1) is 20.7. The molecule has 8 rings (SSSR count). The Morgan fingerprint density at radius 2 is 1.86 bits per heavy atom. The average molecular weight is 619 g/mol. The summed E-state index contributed by atoms with van der Waals surface area (Å²) in [6.07, 6.45) is 0.634. The van der Waals surface area contributed by atoms with Gasteiger partial charge in [0.1, 0.15) is 17.3 Å². The van der Waals surface area contributed by atoms with Gasteiger partial charge in [-0.3, -0.25) is 0 Å². The zero-order chi connectivity index (χ0) is 31.5. The van der Waals surface area contributed by atoms with Crippen molar-refractivity contribution in [3.05, 3.63) is 24.5 Å². The molecule has 0 radical (unpaired) electrons. The molecule has 7 fully saturated rings. The number of hydrogen-bond acceptors (Lipinski definition) is 12. The van der Waals surface area contributed by atoms with E-state index in [4.69, 9.17) is 37.9 Å². The highest BCUT2D eigenvalue weighted by Gasteiger charge is 2.92. The lowest BCUT2D eigenvalue weighted by Crippen LogP contribution is -2.76. The van der Waals surface area contributed by atoms with Crippen LogP contribution in [0.4, 0.5) is 0 Å².